The van der Waals surface area contributed by atoms with Crippen molar-refractivity contribution in [3.8, 4) is 11.3 Å². The van der Waals surface area contributed by atoms with Crippen LogP contribution < -0.4 is 5.32 Å². The summed E-state index contributed by atoms with van der Waals surface area (Å²) in [6, 6.07) is 22.0. The number of aryl methyl sites for hydroxylation is 2. The maximum Gasteiger partial charge on any atom is 0.303 e. The molecule has 1 heterocycles. The van der Waals surface area contributed by atoms with E-state index in [0.717, 1.165) is 47.0 Å². The Labute approximate surface area is 215 Å². The van der Waals surface area contributed by atoms with Crippen molar-refractivity contribution in [3.63, 3.8) is 0 Å². The number of carboxylic acids is 1. The minimum atomic E-state index is -0.813. The number of rotatable bonds is 8. The van der Waals surface area contributed by atoms with Gasteiger partial charge in [-0.3, -0.25) is 9.59 Å². The summed E-state index contributed by atoms with van der Waals surface area (Å²) in [6.07, 6.45) is 4.99. The number of nitrogens with zero attached hydrogens (tertiary/aromatic N) is 1. The molecule has 2 N–H and O–H groups in total. The molecule has 1 amide bonds. The number of benzene rings is 3. The largest absolute Gasteiger partial charge is 0.481 e. The molecule has 6 heteroatoms. The summed E-state index contributed by atoms with van der Waals surface area (Å²) >= 11 is 0. The average Bonchev–Trinajstić information content (AvgIpc) is 2.91. The molecule has 0 saturated heterocycles. The predicted octanol–water partition coefficient (Wildman–Crippen LogP) is 6.65. The summed E-state index contributed by atoms with van der Waals surface area (Å²) < 4.78 is 13.5. The van der Waals surface area contributed by atoms with Gasteiger partial charge < -0.3 is 10.4 Å². The number of hydrogen-bond acceptors (Lipinski definition) is 3. The van der Waals surface area contributed by atoms with Crippen molar-refractivity contribution in [3.05, 3.63) is 101 Å². The first-order valence-corrected chi connectivity index (χ1v) is 12.8. The fraction of sp³-hybridized carbons (Fsp3) is 0.258. The molecule has 4 aromatic rings. The summed E-state index contributed by atoms with van der Waals surface area (Å²) in [5, 5.41) is 13.0. The standard InChI is InChI=1S/C31H29FN2O3/c32-25-15-12-21(13-16-25)30-22(7-2-4-11-29(35)36)18-24-19-23(14-17-27(24)33-30)31(37)34-28-10-5-8-20-6-1-3-9-26(20)28/h1,3,6,9,12-19,28H,2,4-5,7-8,10-11H2,(H,34,37)(H,35,36)/t28-/m0/s1. The molecule has 37 heavy (non-hydrogen) atoms. The molecule has 1 aromatic heterocycles. The normalized spacial score (nSPS) is 14.8. The lowest BCUT2D eigenvalue weighted by atomic mass is 9.87. The number of fused-ring (bicyclic) bond motifs is 2. The molecule has 1 atom stereocenters. The van der Waals surface area contributed by atoms with Crippen LogP contribution in [0.5, 0.6) is 0 Å². The lowest BCUT2D eigenvalue weighted by Crippen LogP contribution is -2.30. The second-order valence-electron chi connectivity index (χ2n) is 9.63. The smallest absolute Gasteiger partial charge is 0.303 e. The highest BCUT2D eigenvalue weighted by Crippen LogP contribution is 2.31. The molecule has 0 radical (unpaired) electrons. The van der Waals surface area contributed by atoms with E-state index in [1.54, 1.807) is 18.2 Å². The fourth-order valence-corrected chi connectivity index (χ4v) is 5.15. The fourth-order valence-electron chi connectivity index (χ4n) is 5.15. The van der Waals surface area contributed by atoms with Gasteiger partial charge in [0.1, 0.15) is 5.82 Å². The van der Waals surface area contributed by atoms with Crippen molar-refractivity contribution in [1.29, 1.82) is 0 Å². The molecular formula is C31H29FN2O3. The van der Waals surface area contributed by atoms with Crippen LogP contribution in [0.2, 0.25) is 0 Å². The second kappa shape index (κ2) is 10.9. The van der Waals surface area contributed by atoms with Gasteiger partial charge in [-0.15, -0.1) is 0 Å². The van der Waals surface area contributed by atoms with E-state index >= 15 is 0 Å². The summed E-state index contributed by atoms with van der Waals surface area (Å²) in [6.45, 7) is 0. The summed E-state index contributed by atoms with van der Waals surface area (Å²) in [5.74, 6) is -1.25. The van der Waals surface area contributed by atoms with Crippen LogP contribution in [-0.4, -0.2) is 22.0 Å². The molecule has 3 aromatic carbocycles. The summed E-state index contributed by atoms with van der Waals surface area (Å²) in [7, 11) is 0. The van der Waals surface area contributed by atoms with Crippen molar-refractivity contribution in [2.24, 2.45) is 0 Å². The van der Waals surface area contributed by atoms with Crippen LogP contribution in [0, 0.1) is 5.82 Å². The lowest BCUT2D eigenvalue weighted by Gasteiger charge is -2.26. The number of pyridine rings is 1. The van der Waals surface area contributed by atoms with E-state index in [2.05, 4.69) is 17.4 Å². The topological polar surface area (TPSA) is 79.3 Å². The Hall–Kier alpha value is -4.06. The number of hydrogen-bond donors (Lipinski definition) is 2. The highest BCUT2D eigenvalue weighted by Gasteiger charge is 2.22. The number of aliphatic carboxylic acids is 1. The van der Waals surface area contributed by atoms with Gasteiger partial charge in [0.25, 0.3) is 5.91 Å². The third-order valence-electron chi connectivity index (χ3n) is 7.04. The zero-order chi connectivity index (χ0) is 25.8. The Morgan fingerprint density at radius 1 is 1.00 bits per heavy atom. The number of unbranched alkanes of at least 4 members (excludes halogenated alkanes) is 1. The van der Waals surface area contributed by atoms with E-state index < -0.39 is 5.97 Å². The van der Waals surface area contributed by atoms with Crippen LogP contribution in [-0.2, 0) is 17.6 Å². The van der Waals surface area contributed by atoms with Gasteiger partial charge in [-0.25, -0.2) is 9.37 Å². The van der Waals surface area contributed by atoms with Gasteiger partial charge in [-0.1, -0.05) is 24.3 Å². The summed E-state index contributed by atoms with van der Waals surface area (Å²) in [5.41, 5.74) is 6.30. The first-order valence-electron chi connectivity index (χ1n) is 12.8. The van der Waals surface area contributed by atoms with Gasteiger partial charge in [-0.2, -0.15) is 0 Å². The minimum absolute atomic E-state index is 0.00285. The predicted molar refractivity (Wildman–Crippen MR) is 142 cm³/mol. The Bertz CT molecular complexity index is 1450. The first-order chi connectivity index (χ1) is 18.0. The Kier molecular flexibility index (Phi) is 7.26. The van der Waals surface area contributed by atoms with Gasteiger partial charge in [-0.05, 0) is 104 Å². The molecule has 5 rings (SSSR count). The maximum atomic E-state index is 13.5. The molecule has 1 aliphatic rings. The molecule has 0 saturated carbocycles. The van der Waals surface area contributed by atoms with E-state index in [4.69, 9.17) is 10.1 Å². The zero-order valence-electron chi connectivity index (χ0n) is 20.5. The maximum absolute atomic E-state index is 13.5. The number of carbonyl (C=O) groups excluding carboxylic acids is 1. The SMILES string of the molecule is O=C(O)CCCCc1cc2cc(C(=O)N[C@H]3CCCc4ccccc43)ccc2nc1-c1ccc(F)cc1. The third-order valence-corrected chi connectivity index (χ3v) is 7.04. The molecule has 0 unspecified atom stereocenters. The minimum Gasteiger partial charge on any atom is -0.481 e. The van der Waals surface area contributed by atoms with Gasteiger partial charge >= 0.3 is 5.97 Å². The van der Waals surface area contributed by atoms with Gasteiger partial charge in [0.05, 0.1) is 17.3 Å². The monoisotopic (exact) mass is 496 g/mol. The van der Waals surface area contributed by atoms with E-state index in [-0.39, 0.29) is 24.2 Å². The summed E-state index contributed by atoms with van der Waals surface area (Å²) in [4.78, 5) is 29.0. The van der Waals surface area contributed by atoms with E-state index in [0.29, 0.717) is 24.8 Å². The molecule has 0 aliphatic heterocycles. The second-order valence-corrected chi connectivity index (χ2v) is 9.63. The van der Waals surface area contributed by atoms with Crippen molar-refractivity contribution in [2.75, 3.05) is 0 Å². The van der Waals surface area contributed by atoms with Gasteiger partial charge in [0, 0.05) is 22.9 Å². The average molecular weight is 497 g/mol. The molecular weight excluding hydrogens is 467 g/mol. The number of carbonyl (C=O) groups is 2. The molecule has 5 nitrogen and oxygen atoms in total. The number of nitrogens with one attached hydrogen (secondary N) is 1. The van der Waals surface area contributed by atoms with Crippen molar-refractivity contribution >= 4 is 22.8 Å². The van der Waals surface area contributed by atoms with Crippen LogP contribution in [0.25, 0.3) is 22.2 Å². The van der Waals surface area contributed by atoms with E-state index in [1.807, 2.05) is 30.3 Å². The van der Waals surface area contributed by atoms with Crippen LogP contribution >= 0.6 is 0 Å². The lowest BCUT2D eigenvalue weighted by molar-refractivity contribution is -0.137. The highest BCUT2D eigenvalue weighted by atomic mass is 19.1. The van der Waals surface area contributed by atoms with Gasteiger partial charge in [0.2, 0.25) is 0 Å². The van der Waals surface area contributed by atoms with Crippen molar-refractivity contribution < 1.29 is 19.1 Å². The third kappa shape index (κ3) is 5.69. The molecule has 0 fully saturated rings. The molecule has 0 bridgehead atoms. The number of amides is 1. The number of halogens is 1. The zero-order valence-corrected chi connectivity index (χ0v) is 20.5. The molecule has 188 valence electrons. The first kappa shape index (κ1) is 24.6. The number of aromatic nitrogens is 1. The van der Waals surface area contributed by atoms with Crippen LogP contribution in [0.1, 0.15) is 65.2 Å². The Morgan fingerprint density at radius 2 is 1.81 bits per heavy atom. The van der Waals surface area contributed by atoms with E-state index in [9.17, 15) is 14.0 Å². The van der Waals surface area contributed by atoms with Crippen LogP contribution in [0.3, 0.4) is 0 Å². The van der Waals surface area contributed by atoms with E-state index in [1.165, 1.54) is 23.3 Å². The Balaban J connectivity index is 1.43. The van der Waals surface area contributed by atoms with Crippen LogP contribution in [0.4, 0.5) is 4.39 Å². The number of carboxylic acid groups (broad SMARTS) is 1. The molecule has 1 aliphatic carbocycles. The van der Waals surface area contributed by atoms with Gasteiger partial charge in [0.15, 0.2) is 0 Å². The Morgan fingerprint density at radius 3 is 2.62 bits per heavy atom. The molecule has 0 spiro atoms. The van der Waals surface area contributed by atoms with Crippen LogP contribution in [0.15, 0.2) is 72.8 Å². The van der Waals surface area contributed by atoms with Crippen molar-refractivity contribution in [2.45, 2.75) is 51.0 Å². The highest BCUT2D eigenvalue weighted by molar-refractivity contribution is 5.98. The van der Waals surface area contributed by atoms with Crippen molar-refractivity contribution in [1.82, 2.24) is 10.3 Å². The quantitative estimate of drug-likeness (QED) is 0.268.